The van der Waals surface area contributed by atoms with Crippen molar-refractivity contribution in [1.82, 2.24) is 14.9 Å². The molecule has 0 spiro atoms. The van der Waals surface area contributed by atoms with Crippen molar-refractivity contribution in [3.63, 3.8) is 0 Å². The molecule has 9 nitrogen and oxygen atoms in total. The number of Topliss-reactive ketones (excluding diaryl/α,β-unsaturated/α-hetero) is 1. The molecule has 33 heavy (non-hydrogen) atoms. The van der Waals surface area contributed by atoms with Crippen LogP contribution >= 0.6 is 0 Å². The van der Waals surface area contributed by atoms with Gasteiger partial charge in [0.15, 0.2) is 12.0 Å². The third kappa shape index (κ3) is 5.66. The van der Waals surface area contributed by atoms with E-state index in [-0.39, 0.29) is 5.78 Å². The molecular weight excluding hydrogens is 426 g/mol. The number of hydrogen-bond acceptors (Lipinski definition) is 6. The van der Waals surface area contributed by atoms with Crippen LogP contribution in [0.25, 0.3) is 0 Å². The monoisotopic (exact) mass is 457 g/mol. The Morgan fingerprint density at radius 1 is 1.24 bits per heavy atom. The normalized spacial score (nSPS) is 23.3. The summed E-state index contributed by atoms with van der Waals surface area (Å²) in [5.74, 6) is -1.01. The first-order chi connectivity index (χ1) is 15.7. The van der Waals surface area contributed by atoms with Gasteiger partial charge in [0.25, 0.3) is 5.56 Å². The Morgan fingerprint density at radius 2 is 1.94 bits per heavy atom. The van der Waals surface area contributed by atoms with Gasteiger partial charge in [-0.05, 0) is 32.3 Å². The van der Waals surface area contributed by atoms with Gasteiger partial charge in [0, 0.05) is 24.3 Å². The third-order valence-corrected chi connectivity index (χ3v) is 5.85. The van der Waals surface area contributed by atoms with E-state index in [2.05, 4.69) is 10.3 Å². The second-order valence-electron chi connectivity index (χ2n) is 8.48. The zero-order valence-corrected chi connectivity index (χ0v) is 19.4. The van der Waals surface area contributed by atoms with Gasteiger partial charge in [0.1, 0.15) is 12.2 Å². The van der Waals surface area contributed by atoms with Crippen LogP contribution in [0.3, 0.4) is 0 Å². The van der Waals surface area contributed by atoms with Crippen LogP contribution in [0.4, 0.5) is 0 Å². The van der Waals surface area contributed by atoms with Gasteiger partial charge in [0.05, 0.1) is 6.04 Å². The minimum atomic E-state index is -0.936. The van der Waals surface area contributed by atoms with Gasteiger partial charge in [-0.3, -0.25) is 23.9 Å². The molecule has 9 heteroatoms. The quantitative estimate of drug-likeness (QED) is 0.589. The molecule has 3 rings (SSSR count). The molecule has 1 aliphatic heterocycles. The van der Waals surface area contributed by atoms with Crippen molar-refractivity contribution < 1.29 is 19.1 Å². The molecule has 0 aliphatic carbocycles. The maximum absolute atomic E-state index is 13.2. The van der Waals surface area contributed by atoms with E-state index >= 15 is 0 Å². The number of benzene rings is 1. The number of carbonyl (C=O) groups is 2. The number of aryl methyl sites for hydroxylation is 1. The topological polar surface area (TPSA) is 119 Å². The van der Waals surface area contributed by atoms with Crippen LogP contribution in [-0.2, 0) is 25.5 Å². The second kappa shape index (κ2) is 10.7. The van der Waals surface area contributed by atoms with Gasteiger partial charge in [-0.2, -0.15) is 0 Å². The maximum Gasteiger partial charge on any atom is 0.330 e. The molecule has 2 N–H and O–H groups in total. The van der Waals surface area contributed by atoms with E-state index < -0.39 is 47.6 Å². The summed E-state index contributed by atoms with van der Waals surface area (Å²) in [6.07, 6.45) is 0.100. The minimum absolute atomic E-state index is 0.166. The fourth-order valence-electron chi connectivity index (χ4n) is 3.97. The Bertz CT molecular complexity index is 1090. The highest BCUT2D eigenvalue weighted by atomic mass is 16.6. The Hall–Kier alpha value is -3.04. The van der Waals surface area contributed by atoms with Gasteiger partial charge < -0.3 is 14.8 Å². The summed E-state index contributed by atoms with van der Waals surface area (Å²) in [5, 5.41) is 2.81. The SMILES string of the molecule is CCCOC1[C@@H](C)[C@@H](C(=O)NC(Cc2ccccc2)C(C)=O)O[C@@H]1n1cc(C)c(=O)[nH]c1=O. The molecule has 0 radical (unpaired) electrons. The van der Waals surface area contributed by atoms with Gasteiger partial charge in [0.2, 0.25) is 5.91 Å². The fourth-order valence-corrected chi connectivity index (χ4v) is 3.97. The third-order valence-electron chi connectivity index (χ3n) is 5.85. The molecular formula is C24H31N3O6. The standard InChI is InChI=1S/C24H31N3O6/c1-5-11-32-20-15(3)19(33-23(20)27-13-14(2)21(29)26-24(27)31)22(30)25-18(16(4)28)12-17-9-7-6-8-10-17/h6-10,13,15,18-20,23H,5,11-12H2,1-4H3,(H,25,30)(H,26,29,31)/t15-,18?,19-,20?,23-/m0/s1. The Kier molecular flexibility index (Phi) is 7.99. The van der Waals surface area contributed by atoms with Crippen LogP contribution in [0.15, 0.2) is 46.1 Å². The lowest BCUT2D eigenvalue weighted by Crippen LogP contribution is -2.47. The average Bonchev–Trinajstić information content (AvgIpc) is 3.11. The summed E-state index contributed by atoms with van der Waals surface area (Å²) in [6, 6.07) is 8.72. The van der Waals surface area contributed by atoms with E-state index in [1.807, 2.05) is 44.2 Å². The number of ketones is 1. The van der Waals surface area contributed by atoms with Crippen LogP contribution in [-0.4, -0.2) is 46.1 Å². The Labute approximate surface area is 192 Å². The van der Waals surface area contributed by atoms with Crippen molar-refractivity contribution >= 4 is 11.7 Å². The summed E-state index contributed by atoms with van der Waals surface area (Å²) in [4.78, 5) is 51.9. The lowest BCUT2D eigenvalue weighted by atomic mass is 9.98. The van der Waals surface area contributed by atoms with Crippen molar-refractivity contribution in [1.29, 1.82) is 0 Å². The lowest BCUT2D eigenvalue weighted by Gasteiger charge is -2.23. The maximum atomic E-state index is 13.2. The molecule has 1 aliphatic rings. The van der Waals surface area contributed by atoms with Crippen molar-refractivity contribution in [3.05, 3.63) is 68.5 Å². The predicted molar refractivity (Wildman–Crippen MR) is 122 cm³/mol. The van der Waals surface area contributed by atoms with Crippen molar-refractivity contribution in [2.75, 3.05) is 6.61 Å². The molecule has 1 saturated heterocycles. The highest BCUT2D eigenvalue weighted by Gasteiger charge is 2.47. The van der Waals surface area contributed by atoms with Gasteiger partial charge in [-0.1, -0.05) is 44.2 Å². The predicted octanol–water partition coefficient (Wildman–Crippen LogP) is 1.49. The minimum Gasteiger partial charge on any atom is -0.373 e. The first kappa shape index (κ1) is 24.6. The highest BCUT2D eigenvalue weighted by Crippen LogP contribution is 2.35. The molecule has 1 aromatic heterocycles. The number of amides is 1. The smallest absolute Gasteiger partial charge is 0.330 e. The Balaban J connectivity index is 1.84. The largest absolute Gasteiger partial charge is 0.373 e. The van der Waals surface area contributed by atoms with Gasteiger partial charge in [-0.15, -0.1) is 0 Å². The van der Waals surface area contributed by atoms with Gasteiger partial charge >= 0.3 is 5.69 Å². The van der Waals surface area contributed by atoms with Crippen LogP contribution in [0.2, 0.25) is 0 Å². The van der Waals surface area contributed by atoms with Crippen LogP contribution in [0, 0.1) is 12.8 Å². The molecule has 1 aromatic carbocycles. The highest BCUT2D eigenvalue weighted by molar-refractivity contribution is 5.89. The number of aromatic amines is 1. The number of aromatic nitrogens is 2. The molecule has 0 bridgehead atoms. The second-order valence-corrected chi connectivity index (χ2v) is 8.48. The zero-order valence-electron chi connectivity index (χ0n) is 19.4. The molecule has 178 valence electrons. The molecule has 5 atom stereocenters. The molecule has 0 saturated carbocycles. The van der Waals surface area contributed by atoms with Crippen LogP contribution in [0.1, 0.15) is 44.5 Å². The van der Waals surface area contributed by atoms with Crippen molar-refractivity contribution in [3.8, 4) is 0 Å². The number of rotatable bonds is 9. The molecule has 2 heterocycles. The van der Waals surface area contributed by atoms with Crippen LogP contribution < -0.4 is 16.6 Å². The summed E-state index contributed by atoms with van der Waals surface area (Å²) in [5.41, 5.74) is 0.149. The van der Waals surface area contributed by atoms with E-state index in [9.17, 15) is 19.2 Å². The van der Waals surface area contributed by atoms with E-state index in [1.165, 1.54) is 17.7 Å². The number of hydrogen-bond donors (Lipinski definition) is 2. The first-order valence-corrected chi connectivity index (χ1v) is 11.2. The van der Waals surface area contributed by atoms with E-state index in [0.29, 0.717) is 18.6 Å². The van der Waals surface area contributed by atoms with Crippen molar-refractivity contribution in [2.45, 2.75) is 65.0 Å². The van der Waals surface area contributed by atoms with E-state index in [0.717, 1.165) is 12.0 Å². The molecule has 2 unspecified atom stereocenters. The summed E-state index contributed by atoms with van der Waals surface area (Å²) in [7, 11) is 0. The molecule has 1 amide bonds. The van der Waals surface area contributed by atoms with Crippen molar-refractivity contribution in [2.24, 2.45) is 5.92 Å². The Morgan fingerprint density at radius 3 is 2.58 bits per heavy atom. The summed E-state index contributed by atoms with van der Waals surface area (Å²) < 4.78 is 13.2. The van der Waals surface area contributed by atoms with Crippen LogP contribution in [0.5, 0.6) is 0 Å². The number of nitrogens with one attached hydrogen (secondary N) is 2. The fraction of sp³-hybridized carbons (Fsp3) is 0.500. The number of H-pyrrole nitrogens is 1. The zero-order chi connectivity index (χ0) is 24.1. The number of ether oxygens (including phenoxy) is 2. The van der Waals surface area contributed by atoms with Gasteiger partial charge in [-0.25, -0.2) is 4.79 Å². The number of carbonyl (C=O) groups excluding carboxylic acids is 2. The van der Waals surface area contributed by atoms with E-state index in [4.69, 9.17) is 9.47 Å². The lowest BCUT2D eigenvalue weighted by molar-refractivity contribution is -0.139. The molecule has 1 fully saturated rings. The summed E-state index contributed by atoms with van der Waals surface area (Å²) in [6.45, 7) is 7.21. The average molecular weight is 458 g/mol. The molecule has 2 aromatic rings. The first-order valence-electron chi connectivity index (χ1n) is 11.2. The van der Waals surface area contributed by atoms with E-state index in [1.54, 1.807) is 6.92 Å². The number of nitrogens with zero attached hydrogens (tertiary/aromatic N) is 1. The summed E-state index contributed by atoms with van der Waals surface area (Å²) >= 11 is 0.